The van der Waals surface area contributed by atoms with Gasteiger partial charge in [-0.25, -0.2) is 4.98 Å². The highest BCUT2D eigenvalue weighted by Gasteiger charge is 2.14. The van der Waals surface area contributed by atoms with Gasteiger partial charge in [-0.15, -0.1) is 12.4 Å². The Kier molecular flexibility index (Phi) is 4.33. The van der Waals surface area contributed by atoms with E-state index in [1.54, 1.807) is 18.6 Å². The van der Waals surface area contributed by atoms with E-state index in [1.165, 1.54) is 0 Å². The van der Waals surface area contributed by atoms with Crippen LogP contribution in [0.4, 0.5) is 0 Å². The smallest absolute Gasteiger partial charge is 0.243 e. The number of hydrogen-bond acceptors (Lipinski definition) is 6. The van der Waals surface area contributed by atoms with Gasteiger partial charge in [-0.05, 0) is 6.42 Å². The molecule has 0 saturated heterocycles. The Morgan fingerprint density at radius 3 is 2.88 bits per heavy atom. The zero-order valence-corrected chi connectivity index (χ0v) is 9.52. The summed E-state index contributed by atoms with van der Waals surface area (Å²) in [7, 11) is 0. The van der Waals surface area contributed by atoms with E-state index in [0.717, 1.165) is 6.42 Å². The number of nitrogens with two attached hydrogens (primary N) is 1. The minimum Gasteiger partial charge on any atom is -0.337 e. The third kappa shape index (κ3) is 2.53. The third-order valence-electron chi connectivity index (χ3n) is 1.99. The van der Waals surface area contributed by atoms with Crippen LogP contribution in [0.25, 0.3) is 11.5 Å². The van der Waals surface area contributed by atoms with Crippen molar-refractivity contribution in [1.82, 2.24) is 20.1 Å². The Morgan fingerprint density at radius 2 is 2.25 bits per heavy atom. The molecule has 0 saturated carbocycles. The van der Waals surface area contributed by atoms with Gasteiger partial charge in [-0.3, -0.25) is 4.98 Å². The van der Waals surface area contributed by atoms with Crippen LogP contribution in [-0.2, 0) is 0 Å². The molecule has 0 aliphatic carbocycles. The molecular formula is C9H12ClN5O. The molecule has 0 bridgehead atoms. The summed E-state index contributed by atoms with van der Waals surface area (Å²) < 4.78 is 5.02. The quantitative estimate of drug-likeness (QED) is 0.873. The van der Waals surface area contributed by atoms with Gasteiger partial charge < -0.3 is 10.3 Å². The van der Waals surface area contributed by atoms with Gasteiger partial charge in [-0.2, -0.15) is 4.98 Å². The van der Waals surface area contributed by atoms with Gasteiger partial charge in [0, 0.05) is 12.4 Å². The summed E-state index contributed by atoms with van der Waals surface area (Å²) in [5.41, 5.74) is 6.33. The van der Waals surface area contributed by atoms with Gasteiger partial charge in [-0.1, -0.05) is 12.1 Å². The summed E-state index contributed by atoms with van der Waals surface area (Å²) in [5.74, 6) is 0.847. The molecule has 2 N–H and O–H groups in total. The first-order chi connectivity index (χ1) is 7.31. The van der Waals surface area contributed by atoms with Crippen LogP contribution in [0.1, 0.15) is 25.3 Å². The molecule has 16 heavy (non-hydrogen) atoms. The molecule has 0 radical (unpaired) electrons. The summed E-state index contributed by atoms with van der Waals surface area (Å²) in [6.45, 7) is 1.96. The van der Waals surface area contributed by atoms with Crippen LogP contribution in [0, 0.1) is 0 Å². The fourth-order valence-corrected chi connectivity index (χ4v) is 1.08. The molecular weight excluding hydrogens is 230 g/mol. The van der Waals surface area contributed by atoms with Crippen molar-refractivity contribution in [2.24, 2.45) is 5.73 Å². The van der Waals surface area contributed by atoms with Crippen LogP contribution in [0.2, 0.25) is 0 Å². The molecule has 2 rings (SSSR count). The zero-order valence-electron chi connectivity index (χ0n) is 8.70. The summed E-state index contributed by atoms with van der Waals surface area (Å²) >= 11 is 0. The summed E-state index contributed by atoms with van der Waals surface area (Å²) in [6, 6.07) is -0.220. The average Bonchev–Trinajstić information content (AvgIpc) is 2.78. The molecule has 86 valence electrons. The van der Waals surface area contributed by atoms with Crippen molar-refractivity contribution >= 4 is 12.4 Å². The monoisotopic (exact) mass is 241 g/mol. The highest BCUT2D eigenvalue weighted by Crippen LogP contribution is 2.15. The van der Waals surface area contributed by atoms with E-state index in [1.807, 2.05) is 6.92 Å². The molecule has 2 aromatic heterocycles. The Bertz CT molecular complexity index is 432. The van der Waals surface area contributed by atoms with Crippen molar-refractivity contribution in [3.05, 3.63) is 24.5 Å². The van der Waals surface area contributed by atoms with Crippen LogP contribution in [0.15, 0.2) is 23.1 Å². The SMILES string of the molecule is CC[C@H](N)c1nc(-c2cnccn2)no1.Cl. The molecule has 0 aliphatic heterocycles. The van der Waals surface area contributed by atoms with Crippen LogP contribution in [-0.4, -0.2) is 20.1 Å². The first-order valence-electron chi connectivity index (χ1n) is 4.67. The van der Waals surface area contributed by atoms with Crippen LogP contribution in [0.3, 0.4) is 0 Å². The van der Waals surface area contributed by atoms with Crippen LogP contribution >= 0.6 is 12.4 Å². The lowest BCUT2D eigenvalue weighted by Crippen LogP contribution is -2.08. The zero-order chi connectivity index (χ0) is 10.7. The van der Waals surface area contributed by atoms with Gasteiger partial charge in [0.15, 0.2) is 0 Å². The molecule has 0 spiro atoms. The van der Waals surface area contributed by atoms with Crippen molar-refractivity contribution in [3.8, 4) is 11.5 Å². The molecule has 0 aliphatic rings. The standard InChI is InChI=1S/C9H11N5O.ClH/c1-2-6(10)9-13-8(14-15-9)7-5-11-3-4-12-7;/h3-6H,2,10H2,1H3;1H/t6-;/m0./s1. The predicted molar refractivity (Wildman–Crippen MR) is 59.8 cm³/mol. The maximum absolute atomic E-state index is 5.75. The molecule has 0 amide bonds. The topological polar surface area (TPSA) is 90.7 Å². The summed E-state index contributed by atoms with van der Waals surface area (Å²) in [5, 5.41) is 3.79. The van der Waals surface area contributed by atoms with Gasteiger partial charge in [0.25, 0.3) is 0 Å². The van der Waals surface area contributed by atoms with E-state index in [2.05, 4.69) is 20.1 Å². The fraction of sp³-hybridized carbons (Fsp3) is 0.333. The van der Waals surface area contributed by atoms with Crippen molar-refractivity contribution in [2.75, 3.05) is 0 Å². The maximum Gasteiger partial charge on any atom is 0.243 e. The lowest BCUT2D eigenvalue weighted by atomic mass is 10.2. The minimum atomic E-state index is -0.220. The normalized spacial score (nSPS) is 11.9. The molecule has 0 fully saturated rings. The minimum absolute atomic E-state index is 0. The largest absolute Gasteiger partial charge is 0.337 e. The van der Waals surface area contributed by atoms with Gasteiger partial charge in [0.05, 0.1) is 12.2 Å². The van der Waals surface area contributed by atoms with Crippen molar-refractivity contribution < 1.29 is 4.52 Å². The van der Waals surface area contributed by atoms with E-state index in [4.69, 9.17) is 10.3 Å². The first-order valence-corrected chi connectivity index (χ1v) is 4.67. The lowest BCUT2D eigenvalue weighted by Gasteiger charge is -1.98. The second-order valence-electron chi connectivity index (χ2n) is 3.06. The third-order valence-corrected chi connectivity index (χ3v) is 1.99. The van der Waals surface area contributed by atoms with Gasteiger partial charge in [0.2, 0.25) is 11.7 Å². The predicted octanol–water partition coefficient (Wildman–Crippen LogP) is 1.36. The highest BCUT2D eigenvalue weighted by molar-refractivity contribution is 5.85. The Labute approximate surface area is 98.7 Å². The molecule has 0 unspecified atom stereocenters. The molecule has 1 atom stereocenters. The van der Waals surface area contributed by atoms with E-state index in [0.29, 0.717) is 17.4 Å². The van der Waals surface area contributed by atoms with Crippen molar-refractivity contribution in [3.63, 3.8) is 0 Å². The number of rotatable bonds is 3. The summed E-state index contributed by atoms with van der Waals surface area (Å²) in [6.07, 6.45) is 5.49. The Hall–Kier alpha value is -1.53. The molecule has 2 aromatic rings. The molecule has 2 heterocycles. The number of hydrogen-bond donors (Lipinski definition) is 1. The number of halogens is 1. The van der Waals surface area contributed by atoms with E-state index in [-0.39, 0.29) is 18.4 Å². The first kappa shape index (κ1) is 12.5. The van der Waals surface area contributed by atoms with Gasteiger partial charge >= 0.3 is 0 Å². The van der Waals surface area contributed by atoms with Gasteiger partial charge in [0.1, 0.15) is 5.69 Å². The number of aromatic nitrogens is 4. The second kappa shape index (κ2) is 5.53. The molecule has 6 nitrogen and oxygen atoms in total. The van der Waals surface area contributed by atoms with Crippen molar-refractivity contribution in [2.45, 2.75) is 19.4 Å². The average molecular weight is 242 g/mol. The fourth-order valence-electron chi connectivity index (χ4n) is 1.08. The highest BCUT2D eigenvalue weighted by atomic mass is 35.5. The van der Waals surface area contributed by atoms with Crippen LogP contribution < -0.4 is 5.73 Å². The van der Waals surface area contributed by atoms with E-state index >= 15 is 0 Å². The Balaban J connectivity index is 0.00000128. The lowest BCUT2D eigenvalue weighted by molar-refractivity contribution is 0.352. The maximum atomic E-state index is 5.75. The molecule has 0 aromatic carbocycles. The van der Waals surface area contributed by atoms with Crippen LogP contribution in [0.5, 0.6) is 0 Å². The van der Waals surface area contributed by atoms with E-state index in [9.17, 15) is 0 Å². The second-order valence-corrected chi connectivity index (χ2v) is 3.06. The Morgan fingerprint density at radius 1 is 1.44 bits per heavy atom. The van der Waals surface area contributed by atoms with E-state index < -0.39 is 0 Å². The number of nitrogens with zero attached hydrogens (tertiary/aromatic N) is 4. The summed E-state index contributed by atoms with van der Waals surface area (Å²) in [4.78, 5) is 12.1. The van der Waals surface area contributed by atoms with Crippen molar-refractivity contribution in [1.29, 1.82) is 0 Å². The molecule has 7 heteroatoms.